The lowest BCUT2D eigenvalue weighted by atomic mass is 10.1. The summed E-state index contributed by atoms with van der Waals surface area (Å²) < 4.78 is 39.4. The second-order valence-electron chi connectivity index (χ2n) is 4.20. The highest BCUT2D eigenvalue weighted by Crippen LogP contribution is 2.21. The predicted molar refractivity (Wildman–Crippen MR) is 71.2 cm³/mol. The first-order valence-corrected chi connectivity index (χ1v) is 6.17. The normalized spacial score (nSPS) is 12.2. The van der Waals surface area contributed by atoms with Gasteiger partial charge < -0.3 is 10.4 Å². The summed E-state index contributed by atoms with van der Waals surface area (Å²) in [4.78, 5) is 0. The molecule has 0 aromatic heterocycles. The fourth-order valence-corrected chi connectivity index (χ4v) is 1.82. The molecule has 0 aliphatic heterocycles. The molecule has 0 heterocycles. The summed E-state index contributed by atoms with van der Waals surface area (Å²) in [7, 11) is 0. The van der Waals surface area contributed by atoms with Gasteiger partial charge in [-0.1, -0.05) is 23.7 Å². The van der Waals surface area contributed by atoms with Gasteiger partial charge in [0.05, 0.1) is 11.8 Å². The first kappa shape index (κ1) is 14.7. The molecule has 0 saturated heterocycles. The number of aliphatic hydroxyl groups excluding tert-OH is 1. The minimum absolute atomic E-state index is 0.0958. The van der Waals surface area contributed by atoms with Crippen molar-refractivity contribution in [1.29, 1.82) is 0 Å². The maximum Gasteiger partial charge on any atom is 0.182 e. The van der Waals surface area contributed by atoms with Gasteiger partial charge in [-0.25, -0.2) is 13.2 Å². The smallest absolute Gasteiger partial charge is 0.182 e. The Hall–Kier alpha value is -1.72. The van der Waals surface area contributed by atoms with Crippen molar-refractivity contribution in [2.45, 2.75) is 6.10 Å². The molecule has 0 bridgehead atoms. The minimum Gasteiger partial charge on any atom is -0.387 e. The third kappa shape index (κ3) is 3.43. The number of benzene rings is 2. The lowest BCUT2D eigenvalue weighted by Gasteiger charge is -2.14. The predicted octanol–water partition coefficient (Wildman–Crippen LogP) is 3.90. The molecule has 106 valence electrons. The molecule has 2 aromatic rings. The summed E-state index contributed by atoms with van der Waals surface area (Å²) in [6.45, 7) is -0.0958. The van der Waals surface area contributed by atoms with E-state index in [9.17, 15) is 18.3 Å². The Morgan fingerprint density at radius 1 is 1.10 bits per heavy atom. The van der Waals surface area contributed by atoms with Crippen molar-refractivity contribution in [2.75, 3.05) is 11.9 Å². The van der Waals surface area contributed by atoms with Crippen LogP contribution < -0.4 is 5.32 Å². The average molecular weight is 302 g/mol. The maximum atomic E-state index is 13.4. The molecule has 0 spiro atoms. The molecule has 0 radical (unpaired) electrons. The van der Waals surface area contributed by atoms with Crippen molar-refractivity contribution in [3.8, 4) is 0 Å². The summed E-state index contributed by atoms with van der Waals surface area (Å²) >= 11 is 5.71. The number of hydrogen-bond acceptors (Lipinski definition) is 2. The van der Waals surface area contributed by atoms with Gasteiger partial charge in [-0.3, -0.25) is 0 Å². The highest BCUT2D eigenvalue weighted by Gasteiger charge is 2.13. The van der Waals surface area contributed by atoms with E-state index in [1.807, 2.05) is 0 Å². The quantitative estimate of drug-likeness (QED) is 0.839. The highest BCUT2D eigenvalue weighted by atomic mass is 35.5. The average Bonchev–Trinajstić information content (AvgIpc) is 2.41. The van der Waals surface area contributed by atoms with E-state index in [-0.39, 0.29) is 12.2 Å². The van der Waals surface area contributed by atoms with E-state index in [1.54, 1.807) is 24.3 Å². The molecular weight excluding hydrogens is 291 g/mol. The molecule has 1 unspecified atom stereocenters. The summed E-state index contributed by atoms with van der Waals surface area (Å²) in [5.41, 5.74) is 0.217. The van der Waals surface area contributed by atoms with Crippen molar-refractivity contribution in [3.05, 3.63) is 64.4 Å². The van der Waals surface area contributed by atoms with E-state index in [2.05, 4.69) is 5.32 Å². The highest BCUT2D eigenvalue weighted by molar-refractivity contribution is 6.30. The van der Waals surface area contributed by atoms with Crippen LogP contribution in [0.5, 0.6) is 0 Å². The van der Waals surface area contributed by atoms with Crippen LogP contribution in [0.1, 0.15) is 11.7 Å². The van der Waals surface area contributed by atoms with Crippen molar-refractivity contribution < 1.29 is 18.3 Å². The SMILES string of the molecule is OC(CNc1cc(F)cc(F)c1F)c1ccc(Cl)cc1. The third-order valence-corrected chi connectivity index (χ3v) is 2.99. The number of anilines is 1. The lowest BCUT2D eigenvalue weighted by Crippen LogP contribution is -2.13. The van der Waals surface area contributed by atoms with Gasteiger partial charge in [-0.05, 0) is 17.7 Å². The summed E-state index contributed by atoms with van der Waals surface area (Å²) in [6.07, 6.45) is -0.960. The maximum absolute atomic E-state index is 13.4. The topological polar surface area (TPSA) is 32.3 Å². The van der Waals surface area contributed by atoms with Gasteiger partial charge in [0, 0.05) is 23.7 Å². The van der Waals surface area contributed by atoms with E-state index in [4.69, 9.17) is 11.6 Å². The van der Waals surface area contributed by atoms with Crippen molar-refractivity contribution in [2.24, 2.45) is 0 Å². The molecule has 0 aliphatic rings. The summed E-state index contributed by atoms with van der Waals surface area (Å²) in [5, 5.41) is 12.9. The molecule has 0 fully saturated rings. The van der Waals surface area contributed by atoms with E-state index in [0.29, 0.717) is 16.7 Å². The van der Waals surface area contributed by atoms with Crippen molar-refractivity contribution >= 4 is 17.3 Å². The molecular formula is C14H11ClF3NO. The fourth-order valence-electron chi connectivity index (χ4n) is 1.69. The van der Waals surface area contributed by atoms with Gasteiger partial charge in [-0.15, -0.1) is 0 Å². The van der Waals surface area contributed by atoms with Gasteiger partial charge >= 0.3 is 0 Å². The summed E-state index contributed by atoms with van der Waals surface area (Å²) in [6, 6.07) is 7.70. The Bertz CT molecular complexity index is 604. The molecule has 0 amide bonds. The van der Waals surface area contributed by atoms with Gasteiger partial charge in [-0.2, -0.15) is 0 Å². The van der Waals surface area contributed by atoms with Crippen LogP contribution in [0.2, 0.25) is 5.02 Å². The molecule has 2 aromatic carbocycles. The monoisotopic (exact) mass is 301 g/mol. The first-order chi connectivity index (χ1) is 9.47. The second kappa shape index (κ2) is 6.15. The van der Waals surface area contributed by atoms with Crippen LogP contribution in [0.3, 0.4) is 0 Å². The van der Waals surface area contributed by atoms with Crippen LogP contribution in [0, 0.1) is 17.5 Å². The van der Waals surface area contributed by atoms with Crippen LogP contribution >= 0.6 is 11.6 Å². The number of nitrogens with one attached hydrogen (secondary N) is 1. The largest absolute Gasteiger partial charge is 0.387 e. The van der Waals surface area contributed by atoms with Gasteiger partial charge in [0.25, 0.3) is 0 Å². The zero-order chi connectivity index (χ0) is 14.7. The van der Waals surface area contributed by atoms with Crippen LogP contribution in [-0.2, 0) is 0 Å². The molecule has 2 N–H and O–H groups in total. The summed E-state index contributed by atoms with van der Waals surface area (Å²) in [5.74, 6) is -3.37. The van der Waals surface area contributed by atoms with E-state index >= 15 is 0 Å². The molecule has 1 atom stereocenters. The molecule has 2 rings (SSSR count). The lowest BCUT2D eigenvalue weighted by molar-refractivity contribution is 0.191. The Labute approximate surface area is 118 Å². The Morgan fingerprint density at radius 2 is 1.75 bits per heavy atom. The number of halogens is 4. The molecule has 0 saturated carbocycles. The van der Waals surface area contributed by atoms with E-state index in [1.165, 1.54) is 0 Å². The van der Waals surface area contributed by atoms with Crippen LogP contribution in [0.4, 0.5) is 18.9 Å². The van der Waals surface area contributed by atoms with Gasteiger partial charge in [0.2, 0.25) is 0 Å². The first-order valence-electron chi connectivity index (χ1n) is 5.79. The van der Waals surface area contributed by atoms with Crippen LogP contribution in [0.15, 0.2) is 36.4 Å². The third-order valence-electron chi connectivity index (χ3n) is 2.73. The zero-order valence-electron chi connectivity index (χ0n) is 10.2. The Balaban J connectivity index is 2.07. The van der Waals surface area contributed by atoms with Gasteiger partial charge in [0.15, 0.2) is 11.6 Å². The number of hydrogen-bond donors (Lipinski definition) is 2. The zero-order valence-corrected chi connectivity index (χ0v) is 11.0. The molecule has 0 aliphatic carbocycles. The molecule has 20 heavy (non-hydrogen) atoms. The number of aliphatic hydroxyl groups is 1. The van der Waals surface area contributed by atoms with Crippen LogP contribution in [-0.4, -0.2) is 11.7 Å². The Kier molecular flexibility index (Phi) is 4.52. The van der Waals surface area contributed by atoms with E-state index in [0.717, 1.165) is 6.07 Å². The van der Waals surface area contributed by atoms with Crippen molar-refractivity contribution in [1.82, 2.24) is 0 Å². The second-order valence-corrected chi connectivity index (χ2v) is 4.63. The fraction of sp³-hybridized carbons (Fsp3) is 0.143. The minimum atomic E-state index is -1.28. The van der Waals surface area contributed by atoms with Crippen LogP contribution in [0.25, 0.3) is 0 Å². The van der Waals surface area contributed by atoms with E-state index < -0.39 is 23.6 Å². The molecule has 2 nitrogen and oxygen atoms in total. The molecule has 6 heteroatoms. The van der Waals surface area contributed by atoms with Gasteiger partial charge in [0.1, 0.15) is 5.82 Å². The Morgan fingerprint density at radius 3 is 2.40 bits per heavy atom. The standard InChI is InChI=1S/C14H11ClF3NO/c15-9-3-1-8(2-4-9)13(20)7-19-12-6-10(16)5-11(17)14(12)18/h1-6,13,19-20H,7H2. The number of rotatable bonds is 4. The van der Waals surface area contributed by atoms with Crippen molar-refractivity contribution in [3.63, 3.8) is 0 Å².